The van der Waals surface area contributed by atoms with E-state index in [1.165, 1.54) is 0 Å². The van der Waals surface area contributed by atoms with Crippen molar-refractivity contribution < 1.29 is 9.18 Å². The lowest BCUT2D eigenvalue weighted by Crippen LogP contribution is -1.83. The number of hydrogen-bond donors (Lipinski definition) is 0. The zero-order valence-corrected chi connectivity index (χ0v) is 5.82. The third-order valence-corrected chi connectivity index (χ3v) is 1.24. The van der Waals surface area contributed by atoms with Crippen LogP contribution in [0.25, 0.3) is 0 Å². The first-order valence-corrected chi connectivity index (χ1v) is 3.29. The molecule has 0 saturated carbocycles. The van der Waals surface area contributed by atoms with Crippen LogP contribution in [0.1, 0.15) is 6.92 Å². The molecule has 0 N–H and O–H groups in total. The third-order valence-electron chi connectivity index (χ3n) is 0.279. The monoisotopic (exact) mass is 140 g/mol. The van der Waals surface area contributed by atoms with Gasteiger partial charge in [0.15, 0.2) is 0 Å². The third kappa shape index (κ3) is 6.38. The van der Waals surface area contributed by atoms with Gasteiger partial charge in [0.05, 0.1) is 0 Å². The maximum atomic E-state index is 11.3. The minimum atomic E-state index is -1.32. The summed E-state index contributed by atoms with van der Waals surface area (Å²) in [5.74, 6) is 0. The quantitative estimate of drug-likeness (QED) is 0.409. The Morgan fingerprint density at radius 2 is 2.43 bits per heavy atom. The molecule has 0 aromatic rings. The lowest BCUT2D eigenvalue weighted by molar-refractivity contribution is 0.245. The maximum Gasteiger partial charge on any atom is 0.359 e. The van der Waals surface area contributed by atoms with Gasteiger partial charge in [0, 0.05) is 4.99 Å². The van der Waals surface area contributed by atoms with E-state index >= 15 is 0 Å². The van der Waals surface area contributed by atoms with Gasteiger partial charge in [-0.2, -0.15) is 4.39 Å². The van der Waals surface area contributed by atoms with Crippen molar-refractivity contribution >= 4 is 26.4 Å². The Labute approximate surface area is 48.2 Å². The molecule has 0 aliphatic carbocycles. The summed E-state index contributed by atoms with van der Waals surface area (Å²) in [6.07, 6.45) is 0. The molecule has 2 atom stereocenters. The number of carbonyl (C=O) groups excluding carboxylic acids is 1. The maximum absolute atomic E-state index is 11.3. The van der Waals surface area contributed by atoms with Gasteiger partial charge in [0.25, 0.3) is 0 Å². The van der Waals surface area contributed by atoms with Gasteiger partial charge in [0.2, 0.25) is 0 Å². The topological polar surface area (TPSA) is 17.1 Å². The highest BCUT2D eigenvalue weighted by Crippen LogP contribution is 2.17. The van der Waals surface area contributed by atoms with Crippen molar-refractivity contribution in [2.24, 2.45) is 0 Å². The average molecular weight is 140 g/mol. The second kappa shape index (κ2) is 3.39. The molecule has 0 aliphatic rings. The van der Waals surface area contributed by atoms with Crippen molar-refractivity contribution in [2.45, 2.75) is 11.9 Å². The molecule has 0 fully saturated rings. The van der Waals surface area contributed by atoms with E-state index in [4.69, 9.17) is 0 Å². The first-order chi connectivity index (χ1) is 3.13. The van der Waals surface area contributed by atoms with Crippen molar-refractivity contribution in [3.63, 3.8) is 0 Å². The molecule has 7 heavy (non-hydrogen) atoms. The van der Waals surface area contributed by atoms with Crippen LogP contribution in [0.2, 0.25) is 0 Å². The van der Waals surface area contributed by atoms with E-state index in [2.05, 4.69) is 9.24 Å². The zero-order valence-electron chi connectivity index (χ0n) is 3.85. The summed E-state index contributed by atoms with van der Waals surface area (Å²) in [5, 5.41) is -1.32. The van der Waals surface area contributed by atoms with Gasteiger partial charge in [-0.1, -0.05) is 0 Å². The molecular formula is C3H6FOPS. The summed E-state index contributed by atoms with van der Waals surface area (Å²) in [6, 6.07) is 0. The fraction of sp³-hybridized carbons (Fsp3) is 0.667. The van der Waals surface area contributed by atoms with Crippen LogP contribution in [0.3, 0.4) is 0 Å². The largest absolute Gasteiger partial charge is 0.359 e. The van der Waals surface area contributed by atoms with Crippen LogP contribution in [-0.2, 0) is 0 Å². The Kier molecular flexibility index (Phi) is 3.57. The number of thioether (sulfide) groups is 1. The summed E-state index contributed by atoms with van der Waals surface area (Å²) in [4.78, 5) is 9.52. The molecule has 0 heterocycles. The minimum absolute atomic E-state index is 0.0162. The van der Waals surface area contributed by atoms with Crippen molar-refractivity contribution in [1.82, 2.24) is 0 Å². The predicted octanol–water partition coefficient (Wildman–Crippen LogP) is 2.03. The second-order valence-corrected chi connectivity index (χ2v) is 3.84. The Hall–Kier alpha value is 0.380. The molecule has 4 heteroatoms. The lowest BCUT2D eigenvalue weighted by atomic mass is 11.0. The van der Waals surface area contributed by atoms with Crippen LogP contribution in [0.15, 0.2) is 0 Å². The first-order valence-electron chi connectivity index (χ1n) is 1.74. The van der Waals surface area contributed by atoms with Crippen LogP contribution < -0.4 is 0 Å². The fourth-order valence-corrected chi connectivity index (χ4v) is 0.759. The molecule has 0 spiro atoms. The van der Waals surface area contributed by atoms with E-state index < -0.39 is 5.37 Å². The van der Waals surface area contributed by atoms with E-state index in [1.54, 1.807) is 6.92 Å². The van der Waals surface area contributed by atoms with Gasteiger partial charge in [-0.25, -0.2) is 4.79 Å². The van der Waals surface area contributed by atoms with Crippen molar-refractivity contribution in [3.05, 3.63) is 0 Å². The molecule has 0 rings (SSSR count). The Morgan fingerprint density at radius 3 is 2.43 bits per heavy atom. The van der Waals surface area contributed by atoms with Crippen LogP contribution in [0.4, 0.5) is 9.18 Å². The second-order valence-electron chi connectivity index (χ2n) is 1.06. The standard InChI is InChI=1S/C3H6FOPS/c1-2(6)7-3(4)5/h2H,6H2,1H3. The SMILES string of the molecule is CC(P)SC(=O)F. The molecule has 0 amide bonds. The van der Waals surface area contributed by atoms with E-state index in [0.717, 1.165) is 0 Å². The van der Waals surface area contributed by atoms with Crippen molar-refractivity contribution in [3.8, 4) is 0 Å². The van der Waals surface area contributed by atoms with Crippen molar-refractivity contribution in [1.29, 1.82) is 0 Å². The molecular weight excluding hydrogens is 134 g/mol. The van der Waals surface area contributed by atoms with Crippen LogP contribution in [0, 0.1) is 0 Å². The lowest BCUT2D eigenvalue weighted by Gasteiger charge is -1.92. The molecule has 0 aromatic carbocycles. The zero-order chi connectivity index (χ0) is 5.86. The normalized spacial score (nSPS) is 13.6. The predicted molar refractivity (Wildman–Crippen MR) is 33.3 cm³/mol. The van der Waals surface area contributed by atoms with Gasteiger partial charge >= 0.3 is 5.37 Å². The number of halogens is 1. The van der Waals surface area contributed by atoms with Gasteiger partial charge < -0.3 is 0 Å². The summed E-state index contributed by atoms with van der Waals surface area (Å²) < 4.78 is 11.3. The Morgan fingerprint density at radius 1 is 2.00 bits per heavy atom. The highest BCUT2D eigenvalue weighted by atomic mass is 32.2. The summed E-state index contributed by atoms with van der Waals surface area (Å²) >= 11 is 0.667. The van der Waals surface area contributed by atoms with E-state index in [9.17, 15) is 9.18 Å². The molecule has 1 nitrogen and oxygen atoms in total. The number of carbonyl (C=O) groups is 1. The highest BCUT2D eigenvalue weighted by molar-refractivity contribution is 8.16. The molecule has 0 aromatic heterocycles. The molecule has 0 bridgehead atoms. The number of rotatable bonds is 1. The average Bonchev–Trinajstić information content (AvgIpc) is 1.27. The highest BCUT2D eigenvalue weighted by Gasteiger charge is 2.00. The summed E-state index contributed by atoms with van der Waals surface area (Å²) in [6.45, 7) is 1.73. The van der Waals surface area contributed by atoms with Crippen molar-refractivity contribution in [2.75, 3.05) is 0 Å². The van der Waals surface area contributed by atoms with E-state index in [1.807, 2.05) is 0 Å². The Bertz CT molecular complexity index is 75.3. The first kappa shape index (κ1) is 7.38. The minimum Gasteiger partial charge on any atom is -0.248 e. The smallest absolute Gasteiger partial charge is 0.248 e. The summed E-state index contributed by atoms with van der Waals surface area (Å²) in [5.41, 5.74) is 0. The summed E-state index contributed by atoms with van der Waals surface area (Å²) in [7, 11) is 2.30. The molecule has 2 unspecified atom stereocenters. The van der Waals surface area contributed by atoms with Gasteiger partial charge in [0.1, 0.15) is 0 Å². The van der Waals surface area contributed by atoms with E-state index in [-0.39, 0.29) is 4.99 Å². The van der Waals surface area contributed by atoms with Gasteiger partial charge in [-0.15, -0.1) is 9.24 Å². The number of hydrogen-bond acceptors (Lipinski definition) is 2. The molecule has 0 saturated heterocycles. The van der Waals surface area contributed by atoms with Crippen LogP contribution >= 0.6 is 21.0 Å². The van der Waals surface area contributed by atoms with Gasteiger partial charge in [-0.3, -0.25) is 0 Å². The van der Waals surface area contributed by atoms with Crippen LogP contribution in [-0.4, -0.2) is 10.4 Å². The van der Waals surface area contributed by atoms with E-state index in [0.29, 0.717) is 11.8 Å². The molecule has 42 valence electrons. The Balaban J connectivity index is 3.13. The van der Waals surface area contributed by atoms with Gasteiger partial charge in [-0.05, 0) is 18.7 Å². The molecule has 0 radical (unpaired) electrons. The molecule has 0 aliphatic heterocycles. The fourth-order valence-electron chi connectivity index (χ4n) is 0.146. The van der Waals surface area contributed by atoms with Crippen LogP contribution in [0.5, 0.6) is 0 Å².